The first-order valence-corrected chi connectivity index (χ1v) is 5.55. The summed E-state index contributed by atoms with van der Waals surface area (Å²) in [5.41, 5.74) is -0.226. The van der Waals surface area contributed by atoms with Gasteiger partial charge < -0.3 is 15.5 Å². The Labute approximate surface area is 113 Å². The number of benzene rings is 2. The van der Waals surface area contributed by atoms with Gasteiger partial charge in [-0.05, 0) is 18.2 Å². The van der Waals surface area contributed by atoms with Gasteiger partial charge in [0.05, 0.1) is 4.92 Å². The summed E-state index contributed by atoms with van der Waals surface area (Å²) in [4.78, 5) is 22.1. The predicted molar refractivity (Wildman–Crippen MR) is 70.8 cm³/mol. The molecule has 7 nitrogen and oxygen atoms in total. The molecule has 0 aromatic heterocycles. The van der Waals surface area contributed by atoms with Crippen LogP contribution in [0, 0.1) is 10.1 Å². The van der Waals surface area contributed by atoms with Crippen LogP contribution in [0.3, 0.4) is 0 Å². The highest BCUT2D eigenvalue weighted by atomic mass is 16.6. The summed E-state index contributed by atoms with van der Waals surface area (Å²) in [6.45, 7) is 0. The van der Waals surface area contributed by atoms with E-state index >= 15 is 0 Å². The Morgan fingerprint density at radius 2 is 1.70 bits per heavy atom. The third-order valence-electron chi connectivity index (χ3n) is 2.51. The number of carbonyl (C=O) groups is 1. The first-order valence-electron chi connectivity index (χ1n) is 5.55. The maximum Gasteiger partial charge on any atom is 0.292 e. The zero-order valence-corrected chi connectivity index (χ0v) is 10.1. The number of aromatic hydroxyl groups is 2. The fourth-order valence-corrected chi connectivity index (χ4v) is 1.66. The summed E-state index contributed by atoms with van der Waals surface area (Å²) in [6, 6.07) is 9.03. The van der Waals surface area contributed by atoms with Crippen LogP contribution in [0.15, 0.2) is 42.5 Å². The largest absolute Gasteiger partial charge is 0.508 e. The lowest BCUT2D eigenvalue weighted by atomic mass is 10.1. The number of amides is 1. The van der Waals surface area contributed by atoms with E-state index in [9.17, 15) is 25.1 Å². The summed E-state index contributed by atoms with van der Waals surface area (Å²) >= 11 is 0. The molecule has 0 fully saturated rings. The van der Waals surface area contributed by atoms with E-state index in [1.807, 2.05) is 0 Å². The van der Waals surface area contributed by atoms with Crippen molar-refractivity contribution in [2.45, 2.75) is 0 Å². The number of anilines is 1. The quantitative estimate of drug-likeness (QED) is 0.587. The molecule has 0 unspecified atom stereocenters. The van der Waals surface area contributed by atoms with E-state index in [1.54, 1.807) is 6.07 Å². The van der Waals surface area contributed by atoms with Gasteiger partial charge in [-0.3, -0.25) is 14.9 Å². The molecule has 0 aliphatic rings. The highest BCUT2D eigenvalue weighted by molar-refractivity contribution is 6.05. The first kappa shape index (κ1) is 13.3. The number of phenolic OH excluding ortho intramolecular Hbond substituents is 2. The number of nitrogens with zero attached hydrogens (tertiary/aromatic N) is 1. The van der Waals surface area contributed by atoms with Gasteiger partial charge in [-0.1, -0.05) is 12.1 Å². The van der Waals surface area contributed by atoms with Crippen molar-refractivity contribution < 1.29 is 19.9 Å². The number of para-hydroxylation sites is 2. The average molecular weight is 274 g/mol. The molecule has 0 heterocycles. The molecule has 3 N–H and O–H groups in total. The fraction of sp³-hybridized carbons (Fsp3) is 0. The summed E-state index contributed by atoms with van der Waals surface area (Å²) in [6.07, 6.45) is 0. The standard InChI is InChI=1S/C13H10N2O5/c16-9-5-8(6-10(17)7-9)13(18)14-11-3-1-2-4-12(11)15(19)20/h1-7,16-17H,(H,14,18). The SMILES string of the molecule is O=C(Nc1ccccc1[N+](=O)[O-])c1cc(O)cc(O)c1. The van der Waals surface area contributed by atoms with Crippen molar-refractivity contribution in [1.82, 2.24) is 0 Å². The molecule has 0 atom stereocenters. The first-order chi connectivity index (χ1) is 9.47. The Hall–Kier alpha value is -3.09. The van der Waals surface area contributed by atoms with E-state index in [-0.39, 0.29) is 28.4 Å². The topological polar surface area (TPSA) is 113 Å². The maximum absolute atomic E-state index is 11.9. The molecular weight excluding hydrogens is 264 g/mol. The van der Waals surface area contributed by atoms with Gasteiger partial charge in [-0.15, -0.1) is 0 Å². The number of nitrogens with one attached hydrogen (secondary N) is 1. The van der Waals surface area contributed by atoms with Gasteiger partial charge in [0.25, 0.3) is 11.6 Å². The highest BCUT2D eigenvalue weighted by Crippen LogP contribution is 2.25. The molecule has 2 aromatic rings. The Kier molecular flexibility index (Phi) is 3.52. The second-order valence-corrected chi connectivity index (χ2v) is 3.97. The van der Waals surface area contributed by atoms with Crippen molar-refractivity contribution in [2.24, 2.45) is 0 Å². The summed E-state index contributed by atoms with van der Waals surface area (Å²) < 4.78 is 0. The Balaban J connectivity index is 2.30. The van der Waals surface area contributed by atoms with Gasteiger partial charge >= 0.3 is 0 Å². The van der Waals surface area contributed by atoms with Crippen LogP contribution in [-0.2, 0) is 0 Å². The lowest BCUT2D eigenvalue weighted by Gasteiger charge is -2.06. The maximum atomic E-state index is 11.9. The van der Waals surface area contributed by atoms with Crippen LogP contribution in [0.25, 0.3) is 0 Å². The van der Waals surface area contributed by atoms with Crippen LogP contribution >= 0.6 is 0 Å². The molecule has 2 rings (SSSR count). The van der Waals surface area contributed by atoms with Crippen molar-refractivity contribution in [3.8, 4) is 11.5 Å². The van der Waals surface area contributed by atoms with Crippen LogP contribution in [0.5, 0.6) is 11.5 Å². The predicted octanol–water partition coefficient (Wildman–Crippen LogP) is 2.26. The van der Waals surface area contributed by atoms with E-state index in [1.165, 1.54) is 18.2 Å². The molecule has 0 saturated carbocycles. The summed E-state index contributed by atoms with van der Waals surface area (Å²) in [5.74, 6) is -1.24. The van der Waals surface area contributed by atoms with Gasteiger partial charge in [0.15, 0.2) is 0 Å². The molecule has 20 heavy (non-hydrogen) atoms. The molecule has 1 amide bonds. The van der Waals surface area contributed by atoms with Crippen LogP contribution < -0.4 is 5.32 Å². The second-order valence-electron chi connectivity index (χ2n) is 3.97. The van der Waals surface area contributed by atoms with Crippen LogP contribution in [-0.4, -0.2) is 21.0 Å². The molecule has 0 aliphatic heterocycles. The molecule has 102 valence electrons. The van der Waals surface area contributed by atoms with Crippen molar-refractivity contribution in [3.05, 3.63) is 58.1 Å². The molecular formula is C13H10N2O5. The van der Waals surface area contributed by atoms with Gasteiger partial charge in [0.2, 0.25) is 0 Å². The van der Waals surface area contributed by atoms with E-state index < -0.39 is 10.8 Å². The lowest BCUT2D eigenvalue weighted by Crippen LogP contribution is -2.12. The molecule has 0 aliphatic carbocycles. The zero-order valence-electron chi connectivity index (χ0n) is 10.1. The number of hydrogen-bond donors (Lipinski definition) is 3. The minimum atomic E-state index is -0.675. The Bertz CT molecular complexity index is 664. The van der Waals surface area contributed by atoms with Crippen molar-refractivity contribution >= 4 is 17.3 Å². The molecule has 0 radical (unpaired) electrons. The number of nitro benzene ring substituents is 1. The molecule has 2 aromatic carbocycles. The van der Waals surface area contributed by atoms with E-state index in [2.05, 4.69) is 5.32 Å². The summed E-state index contributed by atoms with van der Waals surface area (Å²) in [5, 5.41) is 31.8. The smallest absolute Gasteiger partial charge is 0.292 e. The van der Waals surface area contributed by atoms with Gasteiger partial charge in [-0.25, -0.2) is 0 Å². The number of carbonyl (C=O) groups excluding carboxylic acids is 1. The number of hydrogen-bond acceptors (Lipinski definition) is 5. The van der Waals surface area contributed by atoms with Gasteiger partial charge in [0.1, 0.15) is 17.2 Å². The monoisotopic (exact) mass is 274 g/mol. The fourth-order valence-electron chi connectivity index (χ4n) is 1.66. The number of rotatable bonds is 3. The highest BCUT2D eigenvalue weighted by Gasteiger charge is 2.16. The lowest BCUT2D eigenvalue weighted by molar-refractivity contribution is -0.383. The number of phenols is 2. The van der Waals surface area contributed by atoms with E-state index in [4.69, 9.17) is 0 Å². The van der Waals surface area contributed by atoms with Crippen LogP contribution in [0.2, 0.25) is 0 Å². The van der Waals surface area contributed by atoms with Crippen LogP contribution in [0.4, 0.5) is 11.4 Å². The minimum absolute atomic E-state index is 0.0133. The van der Waals surface area contributed by atoms with Gasteiger partial charge in [-0.2, -0.15) is 0 Å². The average Bonchev–Trinajstić information content (AvgIpc) is 2.37. The summed E-state index contributed by atoms with van der Waals surface area (Å²) in [7, 11) is 0. The molecule has 0 spiro atoms. The van der Waals surface area contributed by atoms with Crippen molar-refractivity contribution in [3.63, 3.8) is 0 Å². The molecule has 7 heteroatoms. The van der Waals surface area contributed by atoms with Crippen molar-refractivity contribution in [1.29, 1.82) is 0 Å². The number of nitro groups is 1. The third-order valence-corrected chi connectivity index (χ3v) is 2.51. The van der Waals surface area contributed by atoms with Gasteiger partial charge in [0, 0.05) is 17.7 Å². The third kappa shape index (κ3) is 2.83. The Morgan fingerprint density at radius 3 is 2.30 bits per heavy atom. The van der Waals surface area contributed by atoms with Crippen molar-refractivity contribution in [2.75, 3.05) is 5.32 Å². The normalized spacial score (nSPS) is 10.0. The molecule has 0 bridgehead atoms. The second kappa shape index (κ2) is 5.27. The zero-order chi connectivity index (χ0) is 14.7. The van der Waals surface area contributed by atoms with Crippen LogP contribution in [0.1, 0.15) is 10.4 Å². The van der Waals surface area contributed by atoms with E-state index in [0.29, 0.717) is 0 Å². The minimum Gasteiger partial charge on any atom is -0.508 e. The Morgan fingerprint density at radius 1 is 1.10 bits per heavy atom. The van der Waals surface area contributed by atoms with E-state index in [0.717, 1.165) is 18.2 Å². The molecule has 0 saturated heterocycles.